The van der Waals surface area contributed by atoms with Crippen molar-refractivity contribution in [2.75, 3.05) is 13.2 Å². The monoisotopic (exact) mass is 317 g/mol. The Hall–Kier alpha value is -1.84. The van der Waals surface area contributed by atoms with E-state index in [1.165, 1.54) is 11.1 Å². The quantitative estimate of drug-likeness (QED) is 0.800. The minimum absolute atomic E-state index is 0.0195. The number of hydrogen-bond donors (Lipinski definition) is 0. The molecule has 0 spiro atoms. The second kappa shape index (κ2) is 7.62. The van der Waals surface area contributed by atoms with Gasteiger partial charge in [0.15, 0.2) is 0 Å². The van der Waals surface area contributed by atoms with E-state index in [2.05, 4.69) is 19.9 Å². The largest absolute Gasteiger partial charge is 0.464 e. The number of benzene rings is 1. The van der Waals surface area contributed by atoms with Crippen LogP contribution in [0.4, 0.5) is 0 Å². The zero-order chi connectivity index (χ0) is 17.0. The van der Waals surface area contributed by atoms with Crippen molar-refractivity contribution in [3.05, 3.63) is 34.9 Å². The van der Waals surface area contributed by atoms with Crippen LogP contribution in [0.1, 0.15) is 55.7 Å². The summed E-state index contributed by atoms with van der Waals surface area (Å²) in [7, 11) is 0. The first-order valence-corrected chi connectivity index (χ1v) is 8.50. The highest BCUT2D eigenvalue weighted by molar-refractivity contribution is 5.88. The number of aryl methyl sites for hydroxylation is 2. The Bertz CT molecular complexity index is 582. The lowest BCUT2D eigenvalue weighted by Crippen LogP contribution is -2.50. The average Bonchev–Trinajstić information content (AvgIpc) is 2.56. The molecule has 2 unspecified atom stereocenters. The summed E-state index contributed by atoms with van der Waals surface area (Å²) in [6.07, 6.45) is 2.61. The molecule has 1 aromatic carbocycles. The topological polar surface area (TPSA) is 46.6 Å². The highest BCUT2D eigenvalue weighted by Crippen LogP contribution is 2.26. The van der Waals surface area contributed by atoms with Gasteiger partial charge in [-0.2, -0.15) is 0 Å². The molecule has 1 aliphatic heterocycles. The van der Waals surface area contributed by atoms with Crippen molar-refractivity contribution in [3.8, 4) is 0 Å². The van der Waals surface area contributed by atoms with Gasteiger partial charge in [0.1, 0.15) is 6.04 Å². The van der Waals surface area contributed by atoms with Gasteiger partial charge in [0.2, 0.25) is 5.91 Å². The summed E-state index contributed by atoms with van der Waals surface area (Å²) < 4.78 is 5.15. The second-order valence-corrected chi connectivity index (χ2v) is 6.36. The summed E-state index contributed by atoms with van der Waals surface area (Å²) >= 11 is 0. The Morgan fingerprint density at radius 2 is 2.00 bits per heavy atom. The summed E-state index contributed by atoms with van der Waals surface area (Å²) in [5.74, 6) is -0.497. The molecule has 4 heteroatoms. The van der Waals surface area contributed by atoms with Crippen LogP contribution in [-0.2, 0) is 14.3 Å². The van der Waals surface area contributed by atoms with Crippen LogP contribution in [-0.4, -0.2) is 36.0 Å². The molecule has 0 aliphatic carbocycles. The molecule has 1 fully saturated rings. The molecule has 0 bridgehead atoms. The first-order valence-electron chi connectivity index (χ1n) is 8.50. The Balaban J connectivity index is 2.18. The van der Waals surface area contributed by atoms with Crippen molar-refractivity contribution in [2.24, 2.45) is 0 Å². The van der Waals surface area contributed by atoms with Crippen LogP contribution in [0.25, 0.3) is 0 Å². The van der Waals surface area contributed by atoms with E-state index in [9.17, 15) is 9.59 Å². The number of rotatable bonds is 4. The molecular formula is C19H27NO3. The molecule has 0 N–H and O–H groups in total. The molecule has 2 rings (SSSR count). The molecule has 1 amide bonds. The summed E-state index contributed by atoms with van der Waals surface area (Å²) in [6, 6.07) is 5.70. The highest BCUT2D eigenvalue weighted by Gasteiger charge is 2.35. The smallest absolute Gasteiger partial charge is 0.328 e. The van der Waals surface area contributed by atoms with Crippen LogP contribution >= 0.6 is 0 Å². The van der Waals surface area contributed by atoms with Gasteiger partial charge in [0.05, 0.1) is 12.5 Å². The van der Waals surface area contributed by atoms with E-state index in [1.54, 1.807) is 11.8 Å². The number of ether oxygens (including phenoxy) is 1. The maximum absolute atomic E-state index is 12.9. The van der Waals surface area contributed by atoms with Crippen LogP contribution in [0.5, 0.6) is 0 Å². The third kappa shape index (κ3) is 3.92. The maximum Gasteiger partial charge on any atom is 0.328 e. The number of piperidine rings is 1. The number of likely N-dealkylation sites (tertiary alicyclic amines) is 1. The molecule has 23 heavy (non-hydrogen) atoms. The fourth-order valence-electron chi connectivity index (χ4n) is 3.10. The third-order valence-electron chi connectivity index (χ3n) is 4.75. The Kier molecular flexibility index (Phi) is 5.80. The molecule has 4 nitrogen and oxygen atoms in total. The van der Waals surface area contributed by atoms with Gasteiger partial charge in [-0.15, -0.1) is 0 Å². The van der Waals surface area contributed by atoms with Gasteiger partial charge in [0, 0.05) is 6.54 Å². The first-order chi connectivity index (χ1) is 11.0. The van der Waals surface area contributed by atoms with Crippen LogP contribution in [0.15, 0.2) is 18.2 Å². The van der Waals surface area contributed by atoms with Gasteiger partial charge < -0.3 is 9.64 Å². The molecular weight excluding hydrogens is 290 g/mol. The predicted octanol–water partition coefficient (Wildman–Crippen LogP) is 3.35. The predicted molar refractivity (Wildman–Crippen MR) is 90.3 cm³/mol. The lowest BCUT2D eigenvalue weighted by molar-refractivity contribution is -0.157. The zero-order valence-electron chi connectivity index (χ0n) is 14.6. The first kappa shape index (κ1) is 17.5. The van der Waals surface area contributed by atoms with Crippen LogP contribution in [0.2, 0.25) is 0 Å². The van der Waals surface area contributed by atoms with E-state index in [0.717, 1.165) is 18.4 Å². The lowest BCUT2D eigenvalue weighted by atomic mass is 9.93. The molecule has 1 aromatic rings. The van der Waals surface area contributed by atoms with Gasteiger partial charge in [-0.1, -0.05) is 18.2 Å². The highest BCUT2D eigenvalue weighted by atomic mass is 16.5. The lowest BCUT2D eigenvalue weighted by Gasteiger charge is -2.35. The van der Waals surface area contributed by atoms with E-state index < -0.39 is 6.04 Å². The molecule has 126 valence electrons. The van der Waals surface area contributed by atoms with Crippen molar-refractivity contribution in [3.63, 3.8) is 0 Å². The molecule has 2 atom stereocenters. The maximum atomic E-state index is 12.9. The van der Waals surface area contributed by atoms with Crippen molar-refractivity contribution in [1.82, 2.24) is 4.90 Å². The number of carbonyl (C=O) groups is 2. The van der Waals surface area contributed by atoms with E-state index in [0.29, 0.717) is 19.6 Å². The summed E-state index contributed by atoms with van der Waals surface area (Å²) in [5, 5.41) is 0. The van der Waals surface area contributed by atoms with E-state index in [4.69, 9.17) is 4.74 Å². The van der Waals surface area contributed by atoms with Gasteiger partial charge in [-0.3, -0.25) is 4.79 Å². The molecule has 1 aliphatic rings. The number of amides is 1. The normalized spacial score (nSPS) is 19.3. The summed E-state index contributed by atoms with van der Waals surface area (Å²) in [5.41, 5.74) is 3.41. The van der Waals surface area contributed by atoms with Crippen molar-refractivity contribution in [2.45, 2.75) is 58.9 Å². The van der Waals surface area contributed by atoms with Gasteiger partial charge in [-0.25, -0.2) is 4.79 Å². The van der Waals surface area contributed by atoms with Gasteiger partial charge in [-0.05, 0) is 63.6 Å². The van der Waals surface area contributed by atoms with Crippen LogP contribution in [0.3, 0.4) is 0 Å². The summed E-state index contributed by atoms with van der Waals surface area (Å²) in [6.45, 7) is 8.82. The van der Waals surface area contributed by atoms with Crippen LogP contribution < -0.4 is 0 Å². The van der Waals surface area contributed by atoms with Crippen molar-refractivity contribution < 1.29 is 14.3 Å². The van der Waals surface area contributed by atoms with Crippen LogP contribution in [0, 0.1) is 13.8 Å². The molecule has 1 heterocycles. The zero-order valence-corrected chi connectivity index (χ0v) is 14.6. The number of hydrogen-bond acceptors (Lipinski definition) is 3. The Morgan fingerprint density at radius 1 is 1.26 bits per heavy atom. The minimum atomic E-state index is -0.426. The van der Waals surface area contributed by atoms with E-state index in [-0.39, 0.29) is 17.8 Å². The number of nitrogens with zero attached hydrogens (tertiary/aromatic N) is 1. The standard InChI is InChI=1S/C19H27NO3/c1-5-23-19(22)17-8-6-7-11-20(17)18(21)15(4)16-10-9-13(2)14(3)12-16/h9-10,12,15,17H,5-8,11H2,1-4H3. The Morgan fingerprint density at radius 3 is 2.65 bits per heavy atom. The van der Waals surface area contributed by atoms with E-state index in [1.807, 2.05) is 19.1 Å². The van der Waals surface area contributed by atoms with Crippen molar-refractivity contribution >= 4 is 11.9 Å². The average molecular weight is 317 g/mol. The summed E-state index contributed by atoms with van der Waals surface area (Å²) in [4.78, 5) is 26.8. The molecule has 1 saturated heterocycles. The molecule has 0 aromatic heterocycles. The fraction of sp³-hybridized carbons (Fsp3) is 0.579. The van der Waals surface area contributed by atoms with Gasteiger partial charge >= 0.3 is 5.97 Å². The van der Waals surface area contributed by atoms with Crippen molar-refractivity contribution in [1.29, 1.82) is 0 Å². The van der Waals surface area contributed by atoms with Gasteiger partial charge in [0.25, 0.3) is 0 Å². The minimum Gasteiger partial charge on any atom is -0.464 e. The Labute approximate surface area is 138 Å². The second-order valence-electron chi connectivity index (χ2n) is 6.36. The fourth-order valence-corrected chi connectivity index (χ4v) is 3.10. The number of esters is 1. The SMILES string of the molecule is CCOC(=O)C1CCCCN1C(=O)C(C)c1ccc(C)c(C)c1. The number of carbonyl (C=O) groups excluding carboxylic acids is 2. The molecule has 0 saturated carbocycles. The molecule has 0 radical (unpaired) electrons. The van der Waals surface area contributed by atoms with E-state index >= 15 is 0 Å². The third-order valence-corrected chi connectivity index (χ3v) is 4.75.